The summed E-state index contributed by atoms with van der Waals surface area (Å²) >= 11 is 1.91. The Balaban J connectivity index is 2.56. The van der Waals surface area contributed by atoms with Crippen LogP contribution in [0.25, 0.3) is 0 Å². The van der Waals surface area contributed by atoms with Gasteiger partial charge in [-0.25, -0.2) is 8.78 Å². The van der Waals surface area contributed by atoms with Gasteiger partial charge >= 0.3 is 0 Å². The Kier molecular flexibility index (Phi) is 8.07. The monoisotopic (exact) mass is 287 g/mol. The van der Waals surface area contributed by atoms with E-state index in [4.69, 9.17) is 0 Å². The molecule has 0 saturated carbocycles. The van der Waals surface area contributed by atoms with Crippen molar-refractivity contribution < 1.29 is 8.78 Å². The Labute approximate surface area is 119 Å². The Morgan fingerprint density at radius 1 is 1.16 bits per heavy atom. The van der Waals surface area contributed by atoms with Gasteiger partial charge in [0.1, 0.15) is 0 Å². The Morgan fingerprint density at radius 3 is 2.58 bits per heavy atom. The van der Waals surface area contributed by atoms with Gasteiger partial charge in [-0.15, -0.1) is 0 Å². The van der Waals surface area contributed by atoms with Gasteiger partial charge in [-0.05, 0) is 49.3 Å². The summed E-state index contributed by atoms with van der Waals surface area (Å²) in [6, 6.07) is 4.51. The van der Waals surface area contributed by atoms with Crippen LogP contribution in [0, 0.1) is 11.6 Å². The summed E-state index contributed by atoms with van der Waals surface area (Å²) in [6.07, 6.45) is 2.98. The van der Waals surface area contributed by atoms with Crippen molar-refractivity contribution in [2.45, 2.75) is 39.2 Å². The summed E-state index contributed by atoms with van der Waals surface area (Å²) < 4.78 is 26.1. The quantitative estimate of drug-likeness (QED) is 0.689. The van der Waals surface area contributed by atoms with Crippen LogP contribution < -0.4 is 5.32 Å². The third-order valence-corrected chi connectivity index (χ3v) is 4.15. The number of benzene rings is 1. The molecule has 0 aliphatic heterocycles. The molecule has 0 aliphatic carbocycles. The van der Waals surface area contributed by atoms with Gasteiger partial charge in [0.25, 0.3) is 0 Å². The summed E-state index contributed by atoms with van der Waals surface area (Å²) in [5.74, 6) is 0.615. The molecule has 0 fully saturated rings. The van der Waals surface area contributed by atoms with E-state index in [0.29, 0.717) is 6.04 Å². The topological polar surface area (TPSA) is 12.0 Å². The highest BCUT2D eigenvalue weighted by Gasteiger charge is 2.10. The molecule has 0 aliphatic rings. The minimum absolute atomic E-state index is 0.321. The Hall–Kier alpha value is -0.610. The average molecular weight is 287 g/mol. The molecule has 1 aromatic rings. The Bertz CT molecular complexity index is 371. The largest absolute Gasteiger partial charge is 0.313 e. The lowest BCUT2D eigenvalue weighted by Crippen LogP contribution is -2.34. The third kappa shape index (κ3) is 6.39. The maximum absolute atomic E-state index is 13.2. The number of nitrogens with one attached hydrogen (secondary N) is 1. The Morgan fingerprint density at radius 2 is 1.95 bits per heavy atom. The molecular weight excluding hydrogens is 264 g/mol. The van der Waals surface area contributed by atoms with Crippen molar-refractivity contribution in [3.63, 3.8) is 0 Å². The molecule has 1 unspecified atom stereocenters. The molecule has 0 heterocycles. The van der Waals surface area contributed by atoms with Gasteiger partial charge in [0.2, 0.25) is 0 Å². The lowest BCUT2D eigenvalue weighted by Gasteiger charge is -2.18. The van der Waals surface area contributed by atoms with E-state index < -0.39 is 11.6 Å². The molecule has 0 bridgehead atoms. The molecule has 1 atom stereocenters. The minimum Gasteiger partial charge on any atom is -0.313 e. The molecule has 1 N–H and O–H groups in total. The fraction of sp³-hybridized carbons (Fsp3) is 0.600. The number of hydrogen-bond acceptors (Lipinski definition) is 2. The van der Waals surface area contributed by atoms with Crippen LogP contribution in [0.3, 0.4) is 0 Å². The van der Waals surface area contributed by atoms with Gasteiger partial charge < -0.3 is 5.32 Å². The predicted octanol–water partition coefficient (Wildman–Crippen LogP) is 4.02. The molecule has 19 heavy (non-hydrogen) atoms. The van der Waals surface area contributed by atoms with Crippen LogP contribution in [-0.2, 0) is 6.42 Å². The summed E-state index contributed by atoms with van der Waals surface area (Å²) in [7, 11) is 0. The number of thioether (sulfide) groups is 1. The standard InChI is InChI=1S/C15H23F2NS/c1-3-7-18-13(11-19-8-4-2)9-12-5-6-14(16)15(17)10-12/h5-6,10,13,18H,3-4,7-9,11H2,1-2H3. The average Bonchev–Trinajstić information content (AvgIpc) is 2.40. The van der Waals surface area contributed by atoms with Gasteiger partial charge in [0.05, 0.1) is 0 Å². The van der Waals surface area contributed by atoms with E-state index in [1.807, 2.05) is 11.8 Å². The van der Waals surface area contributed by atoms with E-state index in [2.05, 4.69) is 19.2 Å². The van der Waals surface area contributed by atoms with E-state index in [1.165, 1.54) is 12.1 Å². The van der Waals surface area contributed by atoms with Crippen molar-refractivity contribution in [1.82, 2.24) is 5.32 Å². The first-order valence-corrected chi connectivity index (χ1v) is 8.07. The first-order valence-electron chi connectivity index (χ1n) is 6.92. The van der Waals surface area contributed by atoms with E-state index in [1.54, 1.807) is 6.07 Å². The van der Waals surface area contributed by atoms with E-state index in [9.17, 15) is 8.78 Å². The maximum Gasteiger partial charge on any atom is 0.159 e. The van der Waals surface area contributed by atoms with E-state index in [0.717, 1.165) is 42.9 Å². The maximum atomic E-state index is 13.2. The van der Waals surface area contributed by atoms with Crippen molar-refractivity contribution in [2.75, 3.05) is 18.1 Å². The summed E-state index contributed by atoms with van der Waals surface area (Å²) in [6.45, 7) is 5.25. The third-order valence-electron chi connectivity index (χ3n) is 2.82. The van der Waals surface area contributed by atoms with E-state index >= 15 is 0 Å². The fourth-order valence-corrected chi connectivity index (χ4v) is 2.84. The van der Waals surface area contributed by atoms with Crippen LogP contribution in [-0.4, -0.2) is 24.1 Å². The number of halogens is 2. The number of rotatable bonds is 9. The summed E-state index contributed by atoms with van der Waals surface area (Å²) in [4.78, 5) is 0. The van der Waals surface area contributed by atoms with Crippen LogP contribution in [0.2, 0.25) is 0 Å². The van der Waals surface area contributed by atoms with E-state index in [-0.39, 0.29) is 0 Å². The number of hydrogen-bond donors (Lipinski definition) is 1. The van der Waals surface area contributed by atoms with Crippen LogP contribution in [0.5, 0.6) is 0 Å². The van der Waals surface area contributed by atoms with Crippen LogP contribution >= 0.6 is 11.8 Å². The van der Waals surface area contributed by atoms with Gasteiger partial charge in [0, 0.05) is 11.8 Å². The highest BCUT2D eigenvalue weighted by molar-refractivity contribution is 7.99. The van der Waals surface area contributed by atoms with Crippen molar-refractivity contribution in [3.8, 4) is 0 Å². The molecule has 1 rings (SSSR count). The lowest BCUT2D eigenvalue weighted by molar-refractivity contribution is 0.503. The second kappa shape index (κ2) is 9.32. The van der Waals surface area contributed by atoms with Crippen molar-refractivity contribution in [3.05, 3.63) is 35.4 Å². The highest BCUT2D eigenvalue weighted by atomic mass is 32.2. The molecule has 1 nitrogen and oxygen atoms in total. The molecule has 0 spiro atoms. The van der Waals surface area contributed by atoms with Crippen LogP contribution in [0.15, 0.2) is 18.2 Å². The molecule has 0 aromatic heterocycles. The van der Waals surface area contributed by atoms with Crippen LogP contribution in [0.4, 0.5) is 8.78 Å². The first kappa shape index (κ1) is 16.4. The molecule has 4 heteroatoms. The second-order valence-electron chi connectivity index (χ2n) is 4.68. The smallest absolute Gasteiger partial charge is 0.159 e. The summed E-state index contributed by atoms with van der Waals surface area (Å²) in [5, 5.41) is 3.47. The SMILES string of the molecule is CCCNC(CSCCC)Cc1ccc(F)c(F)c1. The normalized spacial score (nSPS) is 12.6. The van der Waals surface area contributed by atoms with Gasteiger partial charge in [0.15, 0.2) is 11.6 Å². The molecule has 0 radical (unpaired) electrons. The molecule has 0 saturated heterocycles. The zero-order valence-electron chi connectivity index (χ0n) is 11.7. The zero-order chi connectivity index (χ0) is 14.1. The van der Waals surface area contributed by atoms with Crippen molar-refractivity contribution >= 4 is 11.8 Å². The highest BCUT2D eigenvalue weighted by Crippen LogP contribution is 2.13. The van der Waals surface area contributed by atoms with Crippen molar-refractivity contribution in [2.24, 2.45) is 0 Å². The first-order chi connectivity index (χ1) is 9.17. The molecule has 108 valence electrons. The van der Waals surface area contributed by atoms with Crippen molar-refractivity contribution in [1.29, 1.82) is 0 Å². The molecule has 0 amide bonds. The van der Waals surface area contributed by atoms with Gasteiger partial charge in [-0.3, -0.25) is 0 Å². The van der Waals surface area contributed by atoms with Gasteiger partial charge in [-0.1, -0.05) is 19.9 Å². The fourth-order valence-electron chi connectivity index (χ4n) is 1.86. The van der Waals surface area contributed by atoms with Gasteiger partial charge in [-0.2, -0.15) is 11.8 Å². The predicted molar refractivity (Wildman–Crippen MR) is 79.8 cm³/mol. The second-order valence-corrected chi connectivity index (χ2v) is 5.83. The summed E-state index contributed by atoms with van der Waals surface area (Å²) in [5.41, 5.74) is 0.851. The minimum atomic E-state index is -0.776. The molecular formula is C15H23F2NS. The zero-order valence-corrected chi connectivity index (χ0v) is 12.5. The molecule has 1 aromatic carbocycles. The lowest BCUT2D eigenvalue weighted by atomic mass is 10.1. The van der Waals surface area contributed by atoms with Crippen LogP contribution in [0.1, 0.15) is 32.3 Å².